The third kappa shape index (κ3) is 2.87. The van der Waals surface area contributed by atoms with Gasteiger partial charge in [0, 0.05) is 4.47 Å². The van der Waals surface area contributed by atoms with Crippen LogP contribution in [0.5, 0.6) is 0 Å². The monoisotopic (exact) mass is 354 g/mol. The molecule has 1 N–H and O–H groups in total. The predicted molar refractivity (Wildman–Crippen MR) is 83.5 cm³/mol. The molecule has 2 aromatic rings. The Balaban J connectivity index is 2.69. The van der Waals surface area contributed by atoms with Gasteiger partial charge in [0.25, 0.3) is 0 Å². The lowest BCUT2D eigenvalue weighted by molar-refractivity contribution is 0.207. The van der Waals surface area contributed by atoms with Crippen LogP contribution in [0.3, 0.4) is 0 Å². The zero-order valence-corrected chi connectivity index (χ0v) is 14.0. The molecule has 0 saturated heterocycles. The van der Waals surface area contributed by atoms with E-state index < -0.39 is 17.7 Å². The minimum atomic E-state index is -1.32. The fourth-order valence-electron chi connectivity index (χ4n) is 2.62. The standard InChI is InChI=1S/C17H17BrF2O/c1-8-5-9(2)11(4)15(10(8)3)17(21)16-13(19)6-12(18)7-14(16)20/h5-7,17,21H,1-4H3. The molecule has 0 amide bonds. The second-order valence-corrected chi connectivity index (χ2v) is 6.28. The van der Waals surface area contributed by atoms with Gasteiger partial charge in [-0.25, -0.2) is 8.78 Å². The van der Waals surface area contributed by atoms with Crippen LogP contribution in [0, 0.1) is 39.3 Å². The minimum absolute atomic E-state index is 0.308. The van der Waals surface area contributed by atoms with Gasteiger partial charge in [-0.15, -0.1) is 0 Å². The van der Waals surface area contributed by atoms with Gasteiger partial charge in [-0.3, -0.25) is 0 Å². The van der Waals surface area contributed by atoms with Crippen molar-refractivity contribution in [1.29, 1.82) is 0 Å². The number of aliphatic hydroxyl groups excluding tert-OH is 1. The molecule has 0 aliphatic rings. The van der Waals surface area contributed by atoms with Crippen molar-refractivity contribution in [2.45, 2.75) is 33.8 Å². The molecule has 21 heavy (non-hydrogen) atoms. The largest absolute Gasteiger partial charge is 0.383 e. The van der Waals surface area contributed by atoms with Crippen molar-refractivity contribution in [1.82, 2.24) is 0 Å². The number of halogens is 3. The molecule has 2 aromatic carbocycles. The van der Waals surface area contributed by atoms with E-state index in [4.69, 9.17) is 0 Å². The number of rotatable bonds is 2. The van der Waals surface area contributed by atoms with Crippen LogP contribution in [0.15, 0.2) is 22.7 Å². The fraction of sp³-hybridized carbons (Fsp3) is 0.294. The van der Waals surface area contributed by atoms with Crippen molar-refractivity contribution in [3.05, 3.63) is 67.7 Å². The van der Waals surface area contributed by atoms with Gasteiger partial charge in [0.2, 0.25) is 0 Å². The Labute approximate surface area is 131 Å². The molecule has 112 valence electrons. The minimum Gasteiger partial charge on any atom is -0.383 e. The van der Waals surface area contributed by atoms with Crippen molar-refractivity contribution in [3.63, 3.8) is 0 Å². The number of hydrogen-bond donors (Lipinski definition) is 1. The second kappa shape index (κ2) is 5.85. The summed E-state index contributed by atoms with van der Waals surface area (Å²) < 4.78 is 28.5. The van der Waals surface area contributed by atoms with Gasteiger partial charge >= 0.3 is 0 Å². The lowest BCUT2D eigenvalue weighted by Gasteiger charge is -2.21. The fourth-order valence-corrected chi connectivity index (χ4v) is 3.02. The zero-order valence-electron chi connectivity index (χ0n) is 12.4. The number of aryl methyl sites for hydroxylation is 2. The van der Waals surface area contributed by atoms with Gasteiger partial charge in [0.15, 0.2) is 0 Å². The molecule has 1 nitrogen and oxygen atoms in total. The van der Waals surface area contributed by atoms with E-state index in [2.05, 4.69) is 15.9 Å². The first-order valence-corrected chi connectivity index (χ1v) is 7.43. The Morgan fingerprint density at radius 3 is 1.71 bits per heavy atom. The smallest absolute Gasteiger partial charge is 0.133 e. The highest BCUT2D eigenvalue weighted by molar-refractivity contribution is 9.10. The molecule has 0 heterocycles. The van der Waals surface area contributed by atoms with E-state index in [-0.39, 0.29) is 5.56 Å². The maximum Gasteiger partial charge on any atom is 0.133 e. The average molecular weight is 355 g/mol. The van der Waals surface area contributed by atoms with Crippen LogP contribution < -0.4 is 0 Å². The number of hydrogen-bond acceptors (Lipinski definition) is 1. The number of aliphatic hydroxyl groups is 1. The van der Waals surface area contributed by atoms with E-state index >= 15 is 0 Å². The molecule has 1 unspecified atom stereocenters. The summed E-state index contributed by atoms with van der Waals surface area (Å²) in [4.78, 5) is 0. The Bertz CT molecular complexity index is 661. The van der Waals surface area contributed by atoms with Crippen molar-refractivity contribution in [2.75, 3.05) is 0 Å². The first-order chi connectivity index (χ1) is 9.73. The third-order valence-corrected chi connectivity index (χ3v) is 4.47. The highest BCUT2D eigenvalue weighted by Gasteiger charge is 2.24. The molecule has 4 heteroatoms. The Morgan fingerprint density at radius 2 is 1.29 bits per heavy atom. The molecular weight excluding hydrogens is 338 g/mol. The van der Waals surface area contributed by atoms with Crippen molar-refractivity contribution in [2.24, 2.45) is 0 Å². The second-order valence-electron chi connectivity index (χ2n) is 5.36. The lowest BCUT2D eigenvalue weighted by atomic mass is 9.88. The van der Waals surface area contributed by atoms with E-state index in [1.165, 1.54) is 0 Å². The average Bonchev–Trinajstić information content (AvgIpc) is 2.35. The van der Waals surface area contributed by atoms with Crippen LogP contribution >= 0.6 is 15.9 Å². The van der Waals surface area contributed by atoms with E-state index in [0.29, 0.717) is 10.0 Å². The summed E-state index contributed by atoms with van der Waals surface area (Å²) >= 11 is 3.04. The summed E-state index contributed by atoms with van der Waals surface area (Å²) in [5.41, 5.74) is 3.96. The van der Waals surface area contributed by atoms with Crippen molar-refractivity contribution >= 4 is 15.9 Å². The van der Waals surface area contributed by atoms with E-state index in [1.54, 1.807) is 0 Å². The normalized spacial score (nSPS) is 12.6. The zero-order chi connectivity index (χ0) is 15.9. The summed E-state index contributed by atoms with van der Waals surface area (Å²) in [5.74, 6) is -1.51. The van der Waals surface area contributed by atoms with Crippen LogP contribution in [0.4, 0.5) is 8.78 Å². The van der Waals surface area contributed by atoms with Gasteiger partial charge in [0.1, 0.15) is 17.7 Å². The Kier molecular flexibility index (Phi) is 4.49. The van der Waals surface area contributed by atoms with Gasteiger partial charge in [-0.2, -0.15) is 0 Å². The van der Waals surface area contributed by atoms with Crippen molar-refractivity contribution < 1.29 is 13.9 Å². The third-order valence-electron chi connectivity index (χ3n) is 4.01. The molecule has 0 spiro atoms. The summed E-state index contributed by atoms with van der Waals surface area (Å²) in [6.07, 6.45) is -1.32. The molecule has 0 aliphatic heterocycles. The van der Waals surface area contributed by atoms with E-state index in [9.17, 15) is 13.9 Å². The maximum atomic E-state index is 14.1. The van der Waals surface area contributed by atoms with Gasteiger partial charge in [-0.05, 0) is 67.6 Å². The molecule has 2 rings (SSSR count). The van der Waals surface area contributed by atoms with Gasteiger partial charge < -0.3 is 5.11 Å². The molecule has 0 saturated carbocycles. The Morgan fingerprint density at radius 1 is 0.857 bits per heavy atom. The molecule has 0 radical (unpaired) electrons. The number of benzene rings is 2. The van der Waals surface area contributed by atoms with Crippen LogP contribution in [-0.4, -0.2) is 5.11 Å². The van der Waals surface area contributed by atoms with Gasteiger partial charge in [0.05, 0.1) is 5.56 Å². The van der Waals surface area contributed by atoms with E-state index in [1.807, 2.05) is 33.8 Å². The topological polar surface area (TPSA) is 20.2 Å². The molecule has 1 atom stereocenters. The molecule has 0 fully saturated rings. The van der Waals surface area contributed by atoms with Crippen LogP contribution in [0.25, 0.3) is 0 Å². The highest BCUT2D eigenvalue weighted by atomic mass is 79.9. The summed E-state index contributed by atoms with van der Waals surface area (Å²) in [5, 5.41) is 10.6. The Hall–Kier alpha value is -1.26. The van der Waals surface area contributed by atoms with Crippen molar-refractivity contribution in [3.8, 4) is 0 Å². The summed E-state index contributed by atoms with van der Waals surface area (Å²) in [6.45, 7) is 7.56. The first kappa shape index (κ1) is 16.1. The van der Waals surface area contributed by atoms with Crippen LogP contribution in [-0.2, 0) is 0 Å². The first-order valence-electron chi connectivity index (χ1n) is 6.63. The SMILES string of the molecule is Cc1cc(C)c(C)c(C(O)c2c(F)cc(Br)cc2F)c1C. The van der Waals surface area contributed by atoms with Crippen LogP contribution in [0.2, 0.25) is 0 Å². The quantitative estimate of drug-likeness (QED) is 0.800. The van der Waals surface area contributed by atoms with E-state index in [0.717, 1.165) is 34.4 Å². The molecular formula is C17H17BrF2O. The highest BCUT2D eigenvalue weighted by Crippen LogP contribution is 2.34. The predicted octanol–water partition coefficient (Wildman–Crippen LogP) is 5.04. The summed E-state index contributed by atoms with van der Waals surface area (Å²) in [6, 6.07) is 4.33. The molecule has 0 aliphatic carbocycles. The van der Waals surface area contributed by atoms with Gasteiger partial charge in [-0.1, -0.05) is 22.0 Å². The lowest BCUT2D eigenvalue weighted by Crippen LogP contribution is -2.11. The maximum absolute atomic E-state index is 14.1. The summed E-state index contributed by atoms with van der Waals surface area (Å²) in [7, 11) is 0. The molecule has 0 aromatic heterocycles. The molecule has 0 bridgehead atoms. The van der Waals surface area contributed by atoms with Crippen LogP contribution in [0.1, 0.15) is 39.5 Å².